The molecule has 0 radical (unpaired) electrons. The summed E-state index contributed by atoms with van der Waals surface area (Å²) in [6, 6.07) is 0. The number of aliphatic hydroxyl groups is 3. The zero-order chi connectivity index (χ0) is 21.4. The zero-order valence-electron chi connectivity index (χ0n) is 18.0. The van der Waals surface area contributed by atoms with Crippen molar-refractivity contribution in [2.45, 2.75) is 90.0 Å². The van der Waals surface area contributed by atoms with Gasteiger partial charge < -0.3 is 29.5 Å². The summed E-state index contributed by atoms with van der Waals surface area (Å²) in [4.78, 5) is 11.5. The lowest BCUT2D eigenvalue weighted by Crippen LogP contribution is -2.57. The Labute approximate surface area is 173 Å². The fourth-order valence-corrected chi connectivity index (χ4v) is 5.22. The molecule has 3 rings (SSSR count). The van der Waals surface area contributed by atoms with Gasteiger partial charge in [0.2, 0.25) is 0 Å². The number of aliphatic hydroxyl groups excluding tert-OH is 3. The molecule has 0 unspecified atom stereocenters. The highest BCUT2D eigenvalue weighted by Crippen LogP contribution is 2.52. The van der Waals surface area contributed by atoms with Crippen molar-refractivity contribution in [3.63, 3.8) is 0 Å². The average Bonchev–Trinajstić information content (AvgIpc) is 2.65. The van der Waals surface area contributed by atoms with Crippen molar-refractivity contribution in [2.75, 3.05) is 13.2 Å². The third-order valence-electron chi connectivity index (χ3n) is 7.07. The predicted octanol–water partition coefficient (Wildman–Crippen LogP) is 1.93. The van der Waals surface area contributed by atoms with E-state index in [1.54, 1.807) is 0 Å². The Morgan fingerprint density at radius 1 is 1.31 bits per heavy atom. The number of carbonyl (C=O) groups excluding carboxylic acids is 1. The first-order valence-electron chi connectivity index (χ1n) is 10.7. The van der Waals surface area contributed by atoms with Crippen LogP contribution in [0.5, 0.6) is 0 Å². The molecular weight excluding hydrogens is 376 g/mol. The standard InChI is InChI=1S/C22H36O7/c1-13(24)28-19-18(26)17(25)12-27-20(19)29-21(2,3)15-7-9-22(4)8-5-6-14(11-23)16(22)10-15/h10,14-15,17-20,23,25-26H,5-9,11-12H2,1-4H3/t14-,15-,17-,18+,19-,20+,22-/m1/s1. The van der Waals surface area contributed by atoms with E-state index >= 15 is 0 Å². The minimum atomic E-state index is -1.27. The molecule has 0 aromatic heterocycles. The van der Waals surface area contributed by atoms with Crippen LogP contribution in [0.1, 0.15) is 59.8 Å². The molecule has 7 heteroatoms. The van der Waals surface area contributed by atoms with E-state index in [4.69, 9.17) is 14.2 Å². The maximum Gasteiger partial charge on any atom is 0.303 e. The van der Waals surface area contributed by atoms with Gasteiger partial charge >= 0.3 is 5.97 Å². The van der Waals surface area contributed by atoms with Gasteiger partial charge in [0.25, 0.3) is 0 Å². The van der Waals surface area contributed by atoms with Gasteiger partial charge in [0.1, 0.15) is 12.2 Å². The fraction of sp³-hybridized carbons (Fsp3) is 0.864. The van der Waals surface area contributed by atoms with Gasteiger partial charge in [-0.15, -0.1) is 0 Å². The molecule has 1 heterocycles. The van der Waals surface area contributed by atoms with Gasteiger partial charge in [0, 0.05) is 25.4 Å². The largest absolute Gasteiger partial charge is 0.454 e. The highest BCUT2D eigenvalue weighted by Gasteiger charge is 2.47. The number of carbonyl (C=O) groups is 1. The molecule has 0 aromatic rings. The van der Waals surface area contributed by atoms with Crippen LogP contribution in [0, 0.1) is 17.3 Å². The highest BCUT2D eigenvalue weighted by molar-refractivity contribution is 5.66. The molecule has 7 atom stereocenters. The Kier molecular flexibility index (Phi) is 6.75. The molecule has 0 bridgehead atoms. The van der Waals surface area contributed by atoms with E-state index in [1.165, 1.54) is 12.5 Å². The Hall–Kier alpha value is -0.990. The molecule has 2 fully saturated rings. The van der Waals surface area contributed by atoms with Gasteiger partial charge in [0.05, 0.1) is 12.2 Å². The highest BCUT2D eigenvalue weighted by atomic mass is 16.7. The second kappa shape index (κ2) is 8.63. The smallest absolute Gasteiger partial charge is 0.303 e. The summed E-state index contributed by atoms with van der Waals surface area (Å²) in [7, 11) is 0. The van der Waals surface area contributed by atoms with E-state index in [9.17, 15) is 20.1 Å². The van der Waals surface area contributed by atoms with Crippen LogP contribution in [-0.4, -0.2) is 64.7 Å². The van der Waals surface area contributed by atoms with Gasteiger partial charge in [-0.05, 0) is 44.9 Å². The Morgan fingerprint density at radius 2 is 2.03 bits per heavy atom. The van der Waals surface area contributed by atoms with Crippen LogP contribution >= 0.6 is 0 Å². The second-order valence-electron chi connectivity index (χ2n) is 9.65. The first kappa shape index (κ1) is 22.7. The van der Waals surface area contributed by atoms with E-state index in [-0.39, 0.29) is 30.5 Å². The fourth-order valence-electron chi connectivity index (χ4n) is 5.22. The number of rotatable bonds is 5. The summed E-state index contributed by atoms with van der Waals surface area (Å²) in [6.07, 6.45) is 3.11. The number of hydrogen-bond acceptors (Lipinski definition) is 7. The lowest BCUT2D eigenvalue weighted by Gasteiger charge is -2.49. The molecule has 3 aliphatic rings. The van der Waals surface area contributed by atoms with Crippen molar-refractivity contribution >= 4 is 5.97 Å². The maximum absolute atomic E-state index is 11.5. The number of esters is 1. The zero-order valence-corrected chi connectivity index (χ0v) is 18.0. The van der Waals surface area contributed by atoms with Gasteiger partial charge in [0.15, 0.2) is 12.4 Å². The van der Waals surface area contributed by atoms with Crippen molar-refractivity contribution in [1.29, 1.82) is 0 Å². The van der Waals surface area contributed by atoms with E-state index in [0.717, 1.165) is 32.1 Å². The van der Waals surface area contributed by atoms with E-state index < -0.39 is 36.2 Å². The van der Waals surface area contributed by atoms with Gasteiger partial charge in [-0.2, -0.15) is 0 Å². The number of fused-ring (bicyclic) bond motifs is 1. The Morgan fingerprint density at radius 3 is 2.69 bits per heavy atom. The van der Waals surface area contributed by atoms with Gasteiger partial charge in [-0.1, -0.05) is 25.0 Å². The Balaban J connectivity index is 1.79. The summed E-state index contributed by atoms with van der Waals surface area (Å²) in [5, 5.41) is 30.1. The van der Waals surface area contributed by atoms with E-state index in [1.807, 2.05) is 13.8 Å². The van der Waals surface area contributed by atoms with Crippen LogP contribution in [0.15, 0.2) is 11.6 Å². The van der Waals surface area contributed by atoms with Crippen molar-refractivity contribution < 1.29 is 34.3 Å². The lowest BCUT2D eigenvalue weighted by molar-refractivity contribution is -0.304. The van der Waals surface area contributed by atoms with Gasteiger partial charge in [-0.25, -0.2) is 0 Å². The first-order valence-corrected chi connectivity index (χ1v) is 10.7. The van der Waals surface area contributed by atoms with Crippen molar-refractivity contribution in [3.05, 3.63) is 11.6 Å². The van der Waals surface area contributed by atoms with E-state index in [2.05, 4.69) is 13.0 Å². The Bertz CT molecular complexity index is 631. The molecule has 1 saturated carbocycles. The molecule has 2 aliphatic carbocycles. The molecular formula is C22H36O7. The van der Waals surface area contributed by atoms with Crippen LogP contribution in [-0.2, 0) is 19.0 Å². The summed E-state index contributed by atoms with van der Waals surface area (Å²) in [5.41, 5.74) is 0.826. The van der Waals surface area contributed by atoms with Crippen molar-refractivity contribution in [1.82, 2.24) is 0 Å². The second-order valence-corrected chi connectivity index (χ2v) is 9.65. The summed E-state index contributed by atoms with van der Waals surface area (Å²) in [6.45, 7) is 7.57. The summed E-state index contributed by atoms with van der Waals surface area (Å²) in [5.74, 6) is -0.269. The van der Waals surface area contributed by atoms with E-state index in [0.29, 0.717) is 0 Å². The number of ether oxygens (including phenoxy) is 3. The summed E-state index contributed by atoms with van der Waals surface area (Å²) < 4.78 is 17.1. The average molecular weight is 413 g/mol. The van der Waals surface area contributed by atoms with Crippen LogP contribution in [0.4, 0.5) is 0 Å². The molecule has 0 amide bonds. The molecule has 1 aliphatic heterocycles. The molecule has 0 spiro atoms. The monoisotopic (exact) mass is 412 g/mol. The summed E-state index contributed by atoms with van der Waals surface area (Å²) >= 11 is 0. The van der Waals surface area contributed by atoms with Crippen LogP contribution in [0.3, 0.4) is 0 Å². The quantitative estimate of drug-likeness (QED) is 0.468. The third-order valence-corrected chi connectivity index (χ3v) is 7.07. The molecule has 0 aromatic carbocycles. The third kappa shape index (κ3) is 4.69. The molecule has 166 valence electrons. The first-order chi connectivity index (χ1) is 13.6. The topological polar surface area (TPSA) is 105 Å². The molecule has 3 N–H and O–H groups in total. The molecule has 7 nitrogen and oxygen atoms in total. The number of hydrogen-bond donors (Lipinski definition) is 3. The molecule has 29 heavy (non-hydrogen) atoms. The lowest BCUT2D eigenvalue weighted by atomic mass is 9.59. The van der Waals surface area contributed by atoms with Crippen LogP contribution in [0.25, 0.3) is 0 Å². The normalized spacial score (nSPS) is 40.7. The predicted molar refractivity (Wildman–Crippen MR) is 106 cm³/mol. The van der Waals surface area contributed by atoms with Crippen molar-refractivity contribution in [2.24, 2.45) is 17.3 Å². The minimum absolute atomic E-state index is 0.0872. The van der Waals surface area contributed by atoms with Gasteiger partial charge in [-0.3, -0.25) is 4.79 Å². The van der Waals surface area contributed by atoms with Crippen molar-refractivity contribution in [3.8, 4) is 0 Å². The molecule has 1 saturated heterocycles. The van der Waals surface area contributed by atoms with Crippen LogP contribution in [0.2, 0.25) is 0 Å². The SMILES string of the molecule is CC(=O)O[C@H]1[C@H](OC(C)(C)[C@H]2C=C3[C@@H](CO)CCC[C@]3(C)CC2)OC[C@@H](O)[C@@H]1O. The van der Waals surface area contributed by atoms with Crippen LogP contribution < -0.4 is 0 Å². The minimum Gasteiger partial charge on any atom is -0.454 e. The maximum atomic E-state index is 11.5.